The highest BCUT2D eigenvalue weighted by Crippen LogP contribution is 1.91. The lowest BCUT2D eigenvalue weighted by atomic mass is 10.2. The van der Waals surface area contributed by atoms with Crippen molar-refractivity contribution in [1.29, 1.82) is 0 Å². The second-order valence-electron chi connectivity index (χ2n) is 4.35. The zero-order chi connectivity index (χ0) is 14.2. The lowest BCUT2D eigenvalue weighted by molar-refractivity contribution is 0.0702. The van der Waals surface area contributed by atoms with Crippen LogP contribution in [0.25, 0.3) is 0 Å². The molecule has 0 saturated carbocycles. The van der Waals surface area contributed by atoms with Gasteiger partial charge in [0.05, 0.1) is 13.2 Å². The highest BCUT2D eigenvalue weighted by molar-refractivity contribution is 14.0. The van der Waals surface area contributed by atoms with E-state index in [0.29, 0.717) is 13.2 Å². The minimum absolute atomic E-state index is 0. The highest BCUT2D eigenvalue weighted by atomic mass is 127. The summed E-state index contributed by atoms with van der Waals surface area (Å²) in [6.07, 6.45) is 4.64. The summed E-state index contributed by atoms with van der Waals surface area (Å²) < 4.78 is 10.3. The quantitative estimate of drug-likeness (QED) is 0.228. The van der Waals surface area contributed by atoms with Gasteiger partial charge in [-0.2, -0.15) is 0 Å². The number of methoxy groups -OCH3 is 1. The van der Waals surface area contributed by atoms with E-state index >= 15 is 0 Å². The molecule has 0 heterocycles. The number of halogens is 1. The fourth-order valence-electron chi connectivity index (χ4n) is 1.53. The Labute approximate surface area is 141 Å². The molecule has 2 N–H and O–H groups in total. The van der Waals surface area contributed by atoms with Crippen molar-refractivity contribution in [2.75, 3.05) is 46.6 Å². The van der Waals surface area contributed by atoms with Crippen molar-refractivity contribution in [3.63, 3.8) is 0 Å². The van der Waals surface area contributed by atoms with Gasteiger partial charge >= 0.3 is 0 Å². The first-order valence-electron chi connectivity index (χ1n) is 7.44. The number of guanidine groups is 1. The lowest BCUT2D eigenvalue weighted by Crippen LogP contribution is -2.37. The second kappa shape index (κ2) is 18.9. The number of nitrogens with zero attached hydrogens (tertiary/aromatic N) is 1. The maximum Gasteiger partial charge on any atom is 0.191 e. The van der Waals surface area contributed by atoms with Crippen molar-refractivity contribution >= 4 is 29.9 Å². The molecule has 0 saturated heterocycles. The molecule has 0 unspecified atom stereocenters. The smallest absolute Gasteiger partial charge is 0.191 e. The molecule has 0 aromatic heterocycles. The molecular weight excluding hydrogens is 369 g/mol. The maximum absolute atomic E-state index is 5.39. The van der Waals surface area contributed by atoms with Gasteiger partial charge in [-0.1, -0.05) is 19.8 Å². The van der Waals surface area contributed by atoms with Crippen LogP contribution in [0.4, 0.5) is 0 Å². The van der Waals surface area contributed by atoms with E-state index in [0.717, 1.165) is 38.6 Å². The van der Waals surface area contributed by atoms with E-state index in [1.807, 2.05) is 0 Å². The number of hydrogen-bond acceptors (Lipinski definition) is 3. The summed E-state index contributed by atoms with van der Waals surface area (Å²) >= 11 is 0. The molecule has 5 nitrogen and oxygen atoms in total. The van der Waals surface area contributed by atoms with Gasteiger partial charge in [0.1, 0.15) is 0 Å². The maximum atomic E-state index is 5.39. The van der Waals surface area contributed by atoms with Crippen molar-refractivity contribution in [1.82, 2.24) is 10.6 Å². The topological polar surface area (TPSA) is 54.9 Å². The molecule has 122 valence electrons. The summed E-state index contributed by atoms with van der Waals surface area (Å²) in [4.78, 5) is 4.51. The Hall–Kier alpha value is -0.0800. The molecule has 0 aliphatic rings. The molecule has 0 amide bonds. The number of aliphatic imine (C=N–C) groups is 1. The van der Waals surface area contributed by atoms with Crippen LogP contribution < -0.4 is 10.6 Å². The Morgan fingerprint density at radius 3 is 2.45 bits per heavy atom. The third-order valence-electron chi connectivity index (χ3n) is 2.57. The molecule has 0 radical (unpaired) electrons. The normalized spacial score (nSPS) is 11.1. The molecule has 0 fully saturated rings. The van der Waals surface area contributed by atoms with E-state index in [2.05, 4.69) is 29.5 Å². The average Bonchev–Trinajstić information content (AvgIpc) is 2.42. The Balaban J connectivity index is 0. The summed E-state index contributed by atoms with van der Waals surface area (Å²) in [5, 5.41) is 6.59. The van der Waals surface area contributed by atoms with Gasteiger partial charge in [0.2, 0.25) is 0 Å². The Morgan fingerprint density at radius 2 is 1.80 bits per heavy atom. The fraction of sp³-hybridized carbons (Fsp3) is 0.929. The number of hydrogen-bond donors (Lipinski definition) is 2. The van der Waals surface area contributed by atoms with Gasteiger partial charge in [-0.3, -0.25) is 4.99 Å². The Bertz CT molecular complexity index is 217. The third-order valence-corrected chi connectivity index (χ3v) is 2.57. The summed E-state index contributed by atoms with van der Waals surface area (Å²) in [5.41, 5.74) is 0. The number of nitrogens with one attached hydrogen (secondary N) is 2. The zero-order valence-electron chi connectivity index (χ0n) is 13.2. The molecule has 0 spiro atoms. The molecule has 0 aliphatic carbocycles. The van der Waals surface area contributed by atoms with Crippen LogP contribution in [0.2, 0.25) is 0 Å². The minimum atomic E-state index is 0. The molecular formula is C14H32IN3O2. The first-order valence-corrected chi connectivity index (χ1v) is 7.44. The second-order valence-corrected chi connectivity index (χ2v) is 4.35. The SMILES string of the molecule is CCCCCNC(=NCCCOCCOC)NCC.I. The summed E-state index contributed by atoms with van der Waals surface area (Å²) in [6.45, 7) is 9.02. The first-order chi connectivity index (χ1) is 9.35. The van der Waals surface area contributed by atoms with Crippen LogP contribution in [-0.2, 0) is 9.47 Å². The molecule has 0 atom stereocenters. The highest BCUT2D eigenvalue weighted by Gasteiger charge is 1.96. The summed E-state index contributed by atoms with van der Waals surface area (Å²) in [7, 11) is 1.68. The molecule has 0 aliphatic heterocycles. The molecule has 0 aromatic rings. The van der Waals surface area contributed by atoms with E-state index in [9.17, 15) is 0 Å². The number of rotatable bonds is 12. The predicted octanol–water partition coefficient (Wildman–Crippen LogP) is 2.40. The van der Waals surface area contributed by atoms with Crippen molar-refractivity contribution in [3.8, 4) is 0 Å². The summed E-state index contributed by atoms with van der Waals surface area (Å²) in [6, 6.07) is 0. The molecule has 0 bridgehead atoms. The standard InChI is InChI=1S/C14H31N3O2.HI/c1-4-6-7-9-16-14(15-5-2)17-10-8-11-19-13-12-18-3;/h4-13H2,1-3H3,(H2,15,16,17);1H. The molecule has 0 aromatic carbocycles. The third kappa shape index (κ3) is 16.0. The van der Waals surface area contributed by atoms with Gasteiger partial charge in [0.15, 0.2) is 5.96 Å². The van der Waals surface area contributed by atoms with Crippen LogP contribution in [0.3, 0.4) is 0 Å². The predicted molar refractivity (Wildman–Crippen MR) is 96.2 cm³/mol. The summed E-state index contributed by atoms with van der Waals surface area (Å²) in [5.74, 6) is 0.912. The van der Waals surface area contributed by atoms with Crippen LogP contribution in [-0.4, -0.2) is 52.5 Å². The number of ether oxygens (including phenoxy) is 2. The van der Waals surface area contributed by atoms with E-state index in [-0.39, 0.29) is 24.0 Å². The zero-order valence-corrected chi connectivity index (χ0v) is 15.6. The van der Waals surface area contributed by atoms with Crippen LogP contribution in [0.5, 0.6) is 0 Å². The van der Waals surface area contributed by atoms with E-state index in [1.165, 1.54) is 19.3 Å². The number of unbranched alkanes of at least 4 members (excludes halogenated alkanes) is 2. The average molecular weight is 401 g/mol. The van der Waals surface area contributed by atoms with Crippen LogP contribution in [0, 0.1) is 0 Å². The minimum Gasteiger partial charge on any atom is -0.382 e. The van der Waals surface area contributed by atoms with Crippen LogP contribution >= 0.6 is 24.0 Å². The van der Waals surface area contributed by atoms with Crippen molar-refractivity contribution in [2.24, 2.45) is 4.99 Å². The monoisotopic (exact) mass is 401 g/mol. The van der Waals surface area contributed by atoms with Gasteiger partial charge in [-0.25, -0.2) is 0 Å². The van der Waals surface area contributed by atoms with Crippen LogP contribution in [0.1, 0.15) is 39.5 Å². The first kappa shape index (κ1) is 22.2. The van der Waals surface area contributed by atoms with Gasteiger partial charge in [0.25, 0.3) is 0 Å². The largest absolute Gasteiger partial charge is 0.382 e. The van der Waals surface area contributed by atoms with Gasteiger partial charge < -0.3 is 20.1 Å². The molecule has 20 heavy (non-hydrogen) atoms. The van der Waals surface area contributed by atoms with E-state index in [4.69, 9.17) is 9.47 Å². The fourth-order valence-corrected chi connectivity index (χ4v) is 1.53. The van der Waals surface area contributed by atoms with Crippen molar-refractivity contribution < 1.29 is 9.47 Å². The lowest BCUT2D eigenvalue weighted by Gasteiger charge is -2.11. The van der Waals surface area contributed by atoms with Crippen molar-refractivity contribution in [3.05, 3.63) is 0 Å². The van der Waals surface area contributed by atoms with Crippen LogP contribution in [0.15, 0.2) is 4.99 Å². The Kier molecular flexibility index (Phi) is 21.0. The van der Waals surface area contributed by atoms with Gasteiger partial charge in [0, 0.05) is 33.4 Å². The van der Waals surface area contributed by atoms with Gasteiger partial charge in [-0.15, -0.1) is 24.0 Å². The van der Waals surface area contributed by atoms with Crippen molar-refractivity contribution in [2.45, 2.75) is 39.5 Å². The molecule has 0 rings (SSSR count). The van der Waals surface area contributed by atoms with E-state index < -0.39 is 0 Å². The Morgan fingerprint density at radius 1 is 1.00 bits per heavy atom. The van der Waals surface area contributed by atoms with Gasteiger partial charge in [-0.05, 0) is 19.8 Å². The molecule has 6 heteroatoms. The van der Waals surface area contributed by atoms with E-state index in [1.54, 1.807) is 7.11 Å².